The topological polar surface area (TPSA) is 46.5 Å². The van der Waals surface area contributed by atoms with Gasteiger partial charge >= 0.3 is 5.97 Å². The van der Waals surface area contributed by atoms with E-state index in [0.29, 0.717) is 0 Å². The van der Waals surface area contributed by atoms with Gasteiger partial charge in [-0.05, 0) is 12.5 Å². The molecule has 0 saturated carbocycles. The minimum atomic E-state index is -0.863. The Morgan fingerprint density at radius 3 is 2.43 bits per heavy atom. The summed E-state index contributed by atoms with van der Waals surface area (Å²) >= 11 is 0. The highest BCUT2D eigenvalue weighted by atomic mass is 16.5. The average molecular weight is 194 g/mol. The Morgan fingerprint density at radius 2 is 2.00 bits per heavy atom. The zero-order valence-corrected chi connectivity index (χ0v) is 8.36. The van der Waals surface area contributed by atoms with Crippen molar-refractivity contribution in [2.24, 2.45) is 0 Å². The first-order chi connectivity index (χ1) is 6.58. The van der Waals surface area contributed by atoms with Gasteiger partial charge in [-0.2, -0.15) is 0 Å². The molecule has 1 atom stereocenters. The molecule has 1 rings (SSSR count). The van der Waals surface area contributed by atoms with Gasteiger partial charge in [0.25, 0.3) is 0 Å². The van der Waals surface area contributed by atoms with E-state index in [2.05, 4.69) is 0 Å². The van der Waals surface area contributed by atoms with E-state index >= 15 is 0 Å². The van der Waals surface area contributed by atoms with Crippen LogP contribution in [0.3, 0.4) is 0 Å². The lowest BCUT2D eigenvalue weighted by atomic mass is 9.92. The molecule has 0 aromatic heterocycles. The molecule has 0 heterocycles. The third kappa shape index (κ3) is 2.33. The van der Waals surface area contributed by atoms with Crippen molar-refractivity contribution in [2.45, 2.75) is 18.9 Å². The van der Waals surface area contributed by atoms with Gasteiger partial charge in [-0.1, -0.05) is 30.3 Å². The molecule has 3 heteroatoms. The highest BCUT2D eigenvalue weighted by Crippen LogP contribution is 2.27. The van der Waals surface area contributed by atoms with Crippen molar-refractivity contribution >= 4 is 5.97 Å². The Balaban J connectivity index is 2.95. The summed E-state index contributed by atoms with van der Waals surface area (Å²) in [5.41, 5.74) is 0.137. The molecule has 0 saturated heterocycles. The van der Waals surface area contributed by atoms with Crippen LogP contribution in [-0.4, -0.2) is 18.2 Å². The van der Waals surface area contributed by atoms with E-state index in [1.807, 2.05) is 30.3 Å². The highest BCUT2D eigenvalue weighted by molar-refractivity contribution is 5.68. The van der Waals surface area contributed by atoms with Crippen molar-refractivity contribution in [2.75, 3.05) is 7.11 Å². The van der Waals surface area contributed by atoms with Crippen LogP contribution in [0.5, 0.6) is 0 Å². The summed E-state index contributed by atoms with van der Waals surface area (Å²) in [5.74, 6) is -0.863. The van der Waals surface area contributed by atoms with Crippen molar-refractivity contribution in [1.82, 2.24) is 0 Å². The minimum Gasteiger partial charge on any atom is -0.481 e. The van der Waals surface area contributed by atoms with Gasteiger partial charge in [0.15, 0.2) is 0 Å². The van der Waals surface area contributed by atoms with Crippen molar-refractivity contribution in [3.05, 3.63) is 35.9 Å². The molecule has 0 spiro atoms. The fourth-order valence-corrected chi connectivity index (χ4v) is 1.37. The lowest BCUT2D eigenvalue weighted by Gasteiger charge is -2.26. The monoisotopic (exact) mass is 194 g/mol. The Labute approximate surface area is 83.3 Å². The van der Waals surface area contributed by atoms with E-state index in [1.165, 1.54) is 7.11 Å². The standard InChI is InChI=1S/C11H14O3/c1-11(14-2,8-10(12)13)9-6-4-3-5-7-9/h3-7H,8H2,1-2H3,(H,12,13)/t11-/m0/s1. The van der Waals surface area contributed by atoms with Crippen LogP contribution in [0, 0.1) is 0 Å². The molecular formula is C11H14O3. The normalized spacial score (nSPS) is 14.7. The number of carboxylic acids is 1. The first-order valence-electron chi connectivity index (χ1n) is 4.41. The van der Waals surface area contributed by atoms with Crippen LogP contribution in [0.2, 0.25) is 0 Å². The summed E-state index contributed by atoms with van der Waals surface area (Å²) in [4.78, 5) is 10.7. The molecule has 0 aliphatic rings. The Bertz CT molecular complexity index is 308. The summed E-state index contributed by atoms with van der Waals surface area (Å²) in [6, 6.07) is 9.36. The van der Waals surface area contributed by atoms with Crippen LogP contribution in [0.25, 0.3) is 0 Å². The fraction of sp³-hybridized carbons (Fsp3) is 0.364. The predicted octanol–water partition coefficient (Wildman–Crippen LogP) is 2.02. The molecular weight excluding hydrogens is 180 g/mol. The Hall–Kier alpha value is -1.35. The molecule has 76 valence electrons. The second kappa shape index (κ2) is 4.24. The fourth-order valence-electron chi connectivity index (χ4n) is 1.37. The molecule has 0 amide bonds. The summed E-state index contributed by atoms with van der Waals surface area (Å²) in [7, 11) is 1.52. The van der Waals surface area contributed by atoms with Gasteiger partial charge in [0.2, 0.25) is 0 Å². The smallest absolute Gasteiger partial charge is 0.306 e. The van der Waals surface area contributed by atoms with Gasteiger partial charge < -0.3 is 9.84 Å². The molecule has 0 unspecified atom stereocenters. The van der Waals surface area contributed by atoms with Crippen molar-refractivity contribution in [3.63, 3.8) is 0 Å². The van der Waals surface area contributed by atoms with Crippen LogP contribution in [0.4, 0.5) is 0 Å². The Kier molecular flexibility index (Phi) is 3.25. The average Bonchev–Trinajstić information content (AvgIpc) is 2.18. The molecule has 0 aliphatic carbocycles. The summed E-state index contributed by atoms with van der Waals surface area (Å²) in [6.07, 6.45) is -0.0342. The molecule has 0 fully saturated rings. The van der Waals surface area contributed by atoms with Gasteiger partial charge in [-0.25, -0.2) is 0 Å². The molecule has 3 nitrogen and oxygen atoms in total. The summed E-state index contributed by atoms with van der Waals surface area (Å²) < 4.78 is 5.25. The van der Waals surface area contributed by atoms with Gasteiger partial charge in [0.05, 0.1) is 6.42 Å². The van der Waals surface area contributed by atoms with Crippen molar-refractivity contribution < 1.29 is 14.6 Å². The van der Waals surface area contributed by atoms with E-state index in [0.717, 1.165) is 5.56 Å². The zero-order valence-electron chi connectivity index (χ0n) is 8.36. The third-order valence-electron chi connectivity index (χ3n) is 2.32. The molecule has 1 N–H and O–H groups in total. The quantitative estimate of drug-likeness (QED) is 0.797. The molecule has 14 heavy (non-hydrogen) atoms. The highest BCUT2D eigenvalue weighted by Gasteiger charge is 2.28. The summed E-state index contributed by atoms with van der Waals surface area (Å²) in [6.45, 7) is 1.77. The maximum absolute atomic E-state index is 10.7. The van der Waals surface area contributed by atoms with E-state index < -0.39 is 11.6 Å². The number of carbonyl (C=O) groups is 1. The number of aliphatic carboxylic acids is 1. The van der Waals surface area contributed by atoms with E-state index in [-0.39, 0.29) is 6.42 Å². The SMILES string of the molecule is CO[C@@](C)(CC(=O)O)c1ccccc1. The molecule has 0 bridgehead atoms. The second-order valence-electron chi connectivity index (χ2n) is 3.37. The maximum Gasteiger partial charge on any atom is 0.306 e. The minimum absolute atomic E-state index is 0.0342. The molecule has 1 aromatic rings. The van der Waals surface area contributed by atoms with Gasteiger partial charge in [-0.15, -0.1) is 0 Å². The van der Waals surface area contributed by atoms with Crippen LogP contribution in [0.15, 0.2) is 30.3 Å². The van der Waals surface area contributed by atoms with Crippen LogP contribution < -0.4 is 0 Å². The van der Waals surface area contributed by atoms with Crippen molar-refractivity contribution in [1.29, 1.82) is 0 Å². The van der Waals surface area contributed by atoms with E-state index in [9.17, 15) is 4.79 Å². The largest absolute Gasteiger partial charge is 0.481 e. The maximum atomic E-state index is 10.7. The van der Waals surface area contributed by atoms with Crippen LogP contribution >= 0.6 is 0 Å². The Morgan fingerprint density at radius 1 is 1.43 bits per heavy atom. The number of hydrogen-bond donors (Lipinski definition) is 1. The zero-order chi connectivity index (χ0) is 10.6. The van der Waals surface area contributed by atoms with Crippen molar-refractivity contribution in [3.8, 4) is 0 Å². The van der Waals surface area contributed by atoms with Gasteiger partial charge in [0.1, 0.15) is 5.60 Å². The summed E-state index contributed by atoms with van der Waals surface area (Å²) in [5, 5.41) is 8.76. The number of ether oxygens (including phenoxy) is 1. The first-order valence-corrected chi connectivity index (χ1v) is 4.41. The number of benzene rings is 1. The molecule has 0 radical (unpaired) electrons. The number of hydrogen-bond acceptors (Lipinski definition) is 2. The molecule has 0 aliphatic heterocycles. The number of carboxylic acid groups (broad SMARTS) is 1. The lowest BCUT2D eigenvalue weighted by Crippen LogP contribution is -2.27. The van der Waals surface area contributed by atoms with E-state index in [4.69, 9.17) is 9.84 Å². The van der Waals surface area contributed by atoms with Crippen LogP contribution in [0.1, 0.15) is 18.9 Å². The lowest BCUT2D eigenvalue weighted by molar-refractivity contribution is -0.143. The second-order valence-corrected chi connectivity index (χ2v) is 3.37. The molecule has 1 aromatic carbocycles. The van der Waals surface area contributed by atoms with E-state index in [1.54, 1.807) is 6.92 Å². The van der Waals surface area contributed by atoms with Gasteiger partial charge in [0, 0.05) is 7.11 Å². The van der Waals surface area contributed by atoms with Gasteiger partial charge in [-0.3, -0.25) is 4.79 Å². The van der Waals surface area contributed by atoms with Crippen LogP contribution in [-0.2, 0) is 15.1 Å². The predicted molar refractivity (Wildman–Crippen MR) is 53.1 cm³/mol. The number of rotatable bonds is 4. The first kappa shape index (κ1) is 10.7. The number of methoxy groups -OCH3 is 1. The third-order valence-corrected chi connectivity index (χ3v) is 2.32.